The number of benzene rings is 1. The van der Waals surface area contributed by atoms with E-state index in [0.29, 0.717) is 32.8 Å². The summed E-state index contributed by atoms with van der Waals surface area (Å²) in [5.74, 6) is 0.562. The molecule has 0 aliphatic heterocycles. The summed E-state index contributed by atoms with van der Waals surface area (Å²) in [6, 6.07) is 5.01. The highest BCUT2D eigenvalue weighted by atomic mass is 35.5. The molecule has 3 aromatic rings. The Labute approximate surface area is 124 Å². The first-order chi connectivity index (χ1) is 9.56. The summed E-state index contributed by atoms with van der Waals surface area (Å²) in [5, 5.41) is 8.83. The molecule has 102 valence electrons. The van der Waals surface area contributed by atoms with Crippen LogP contribution in [0.5, 0.6) is 0 Å². The van der Waals surface area contributed by atoms with Crippen LogP contribution in [-0.4, -0.2) is 19.9 Å². The molecular formula is C12H9Cl2N5O. The molecule has 0 radical (unpaired) electrons. The van der Waals surface area contributed by atoms with Crippen LogP contribution >= 0.6 is 23.2 Å². The zero-order valence-electron chi connectivity index (χ0n) is 10.3. The predicted molar refractivity (Wildman–Crippen MR) is 76.4 cm³/mol. The van der Waals surface area contributed by atoms with Gasteiger partial charge in [-0.3, -0.25) is 4.68 Å². The highest BCUT2D eigenvalue weighted by Gasteiger charge is 2.19. The number of hydrogen-bond donors (Lipinski definition) is 1. The van der Waals surface area contributed by atoms with Crippen molar-refractivity contribution in [1.29, 1.82) is 0 Å². The van der Waals surface area contributed by atoms with Crippen molar-refractivity contribution < 1.29 is 4.52 Å². The van der Waals surface area contributed by atoms with Crippen LogP contribution in [0.4, 0.5) is 5.69 Å². The van der Waals surface area contributed by atoms with Crippen LogP contribution in [0.1, 0.15) is 0 Å². The third-order valence-electron chi connectivity index (χ3n) is 2.72. The van der Waals surface area contributed by atoms with Crippen LogP contribution in [0.2, 0.25) is 10.0 Å². The minimum Gasteiger partial charge on any atom is -0.397 e. The first-order valence-electron chi connectivity index (χ1n) is 5.64. The van der Waals surface area contributed by atoms with Gasteiger partial charge in [0.05, 0.1) is 21.3 Å². The van der Waals surface area contributed by atoms with E-state index in [4.69, 9.17) is 33.5 Å². The number of rotatable bonds is 2. The summed E-state index contributed by atoms with van der Waals surface area (Å²) in [7, 11) is 1.80. The lowest BCUT2D eigenvalue weighted by Gasteiger charge is -2.04. The van der Waals surface area contributed by atoms with E-state index in [1.54, 1.807) is 36.1 Å². The fraction of sp³-hybridized carbons (Fsp3) is 0.0833. The molecule has 3 rings (SSSR count). The highest BCUT2D eigenvalue weighted by molar-refractivity contribution is 6.37. The molecule has 0 saturated heterocycles. The van der Waals surface area contributed by atoms with Gasteiger partial charge in [-0.05, 0) is 18.2 Å². The van der Waals surface area contributed by atoms with E-state index in [9.17, 15) is 0 Å². The maximum atomic E-state index is 6.11. The molecule has 0 spiro atoms. The normalized spacial score (nSPS) is 10.9. The van der Waals surface area contributed by atoms with Gasteiger partial charge in [0.2, 0.25) is 5.82 Å². The lowest BCUT2D eigenvalue weighted by molar-refractivity contribution is 0.432. The van der Waals surface area contributed by atoms with Crippen LogP contribution in [0.3, 0.4) is 0 Å². The van der Waals surface area contributed by atoms with Crippen LogP contribution in [0.15, 0.2) is 28.9 Å². The zero-order chi connectivity index (χ0) is 14.3. The van der Waals surface area contributed by atoms with Gasteiger partial charge in [0.25, 0.3) is 5.89 Å². The molecule has 6 nitrogen and oxygen atoms in total. The minimum absolute atomic E-state index is 0.204. The Morgan fingerprint density at radius 1 is 1.20 bits per heavy atom. The van der Waals surface area contributed by atoms with Gasteiger partial charge in [0.15, 0.2) is 0 Å². The molecule has 0 aliphatic rings. The van der Waals surface area contributed by atoms with Gasteiger partial charge < -0.3 is 10.3 Å². The first-order valence-corrected chi connectivity index (χ1v) is 6.39. The van der Waals surface area contributed by atoms with Gasteiger partial charge in [0.1, 0.15) is 5.69 Å². The second-order valence-electron chi connectivity index (χ2n) is 4.12. The second-order valence-corrected chi connectivity index (χ2v) is 4.93. The fourth-order valence-electron chi connectivity index (χ4n) is 1.75. The van der Waals surface area contributed by atoms with E-state index in [1.165, 1.54) is 0 Å². The van der Waals surface area contributed by atoms with Crippen LogP contribution in [-0.2, 0) is 7.05 Å². The average molecular weight is 310 g/mol. The summed E-state index contributed by atoms with van der Waals surface area (Å²) >= 11 is 12.1. The molecule has 20 heavy (non-hydrogen) atoms. The molecule has 0 unspecified atom stereocenters. The zero-order valence-corrected chi connectivity index (χ0v) is 11.9. The maximum Gasteiger partial charge on any atom is 0.261 e. The van der Waals surface area contributed by atoms with Crippen molar-refractivity contribution in [3.05, 3.63) is 34.4 Å². The Bertz CT molecular complexity index is 780. The van der Waals surface area contributed by atoms with Crippen LogP contribution in [0, 0.1) is 0 Å². The topological polar surface area (TPSA) is 82.8 Å². The average Bonchev–Trinajstić information content (AvgIpc) is 3.03. The largest absolute Gasteiger partial charge is 0.397 e. The molecule has 0 atom stereocenters. The standard InChI is InChI=1S/C12H9Cl2N5O/c1-19-5-4-8(17-19)11-16-12(20-18-11)9-6(13)2-3-7(14)10(9)15/h2-5H,15H2,1H3. The first kappa shape index (κ1) is 13.0. The van der Waals surface area contributed by atoms with Gasteiger partial charge in [0, 0.05) is 13.2 Å². The van der Waals surface area contributed by atoms with Crippen molar-refractivity contribution >= 4 is 28.9 Å². The van der Waals surface area contributed by atoms with Crippen molar-refractivity contribution in [2.45, 2.75) is 0 Å². The lowest BCUT2D eigenvalue weighted by atomic mass is 10.2. The summed E-state index contributed by atoms with van der Waals surface area (Å²) in [4.78, 5) is 4.25. The van der Waals surface area contributed by atoms with Crippen molar-refractivity contribution in [3.63, 3.8) is 0 Å². The Hall–Kier alpha value is -2.05. The molecule has 2 heterocycles. The third kappa shape index (κ3) is 2.13. The Morgan fingerprint density at radius 2 is 1.95 bits per heavy atom. The van der Waals surface area contributed by atoms with Crippen LogP contribution < -0.4 is 5.73 Å². The van der Waals surface area contributed by atoms with Gasteiger partial charge in [-0.1, -0.05) is 28.4 Å². The smallest absolute Gasteiger partial charge is 0.261 e. The minimum atomic E-state index is 0.204. The molecule has 0 bridgehead atoms. The summed E-state index contributed by atoms with van der Waals surface area (Å²) < 4.78 is 6.84. The molecular weight excluding hydrogens is 301 g/mol. The Balaban J connectivity index is 2.09. The predicted octanol–water partition coefficient (Wildman–Crippen LogP) is 3.03. The molecule has 1 aromatic carbocycles. The van der Waals surface area contributed by atoms with Gasteiger partial charge >= 0.3 is 0 Å². The van der Waals surface area contributed by atoms with Crippen molar-refractivity contribution in [3.8, 4) is 23.0 Å². The summed E-state index contributed by atoms with van der Waals surface area (Å²) in [5.41, 5.74) is 7.23. The molecule has 0 fully saturated rings. The van der Waals surface area contributed by atoms with E-state index < -0.39 is 0 Å². The number of nitrogen functional groups attached to an aromatic ring is 1. The summed E-state index contributed by atoms with van der Waals surface area (Å²) in [6.07, 6.45) is 1.78. The number of anilines is 1. The van der Waals surface area contributed by atoms with Crippen molar-refractivity contribution in [2.24, 2.45) is 7.05 Å². The highest BCUT2D eigenvalue weighted by Crippen LogP contribution is 2.37. The van der Waals surface area contributed by atoms with E-state index in [-0.39, 0.29) is 5.89 Å². The number of hydrogen-bond acceptors (Lipinski definition) is 5. The fourth-order valence-corrected chi connectivity index (χ4v) is 2.15. The van der Waals surface area contributed by atoms with E-state index in [0.717, 1.165) is 0 Å². The van der Waals surface area contributed by atoms with E-state index in [2.05, 4.69) is 15.2 Å². The van der Waals surface area contributed by atoms with Gasteiger partial charge in [-0.15, -0.1) is 0 Å². The second kappa shape index (κ2) is 4.81. The molecule has 2 aromatic heterocycles. The van der Waals surface area contributed by atoms with Crippen molar-refractivity contribution in [1.82, 2.24) is 19.9 Å². The summed E-state index contributed by atoms with van der Waals surface area (Å²) in [6.45, 7) is 0. The lowest BCUT2D eigenvalue weighted by Crippen LogP contribution is -1.93. The molecule has 0 saturated carbocycles. The van der Waals surface area contributed by atoms with E-state index in [1.807, 2.05) is 0 Å². The van der Waals surface area contributed by atoms with Crippen molar-refractivity contribution in [2.75, 3.05) is 5.73 Å². The number of halogens is 2. The molecule has 8 heteroatoms. The monoisotopic (exact) mass is 309 g/mol. The van der Waals surface area contributed by atoms with E-state index >= 15 is 0 Å². The number of aromatic nitrogens is 4. The molecule has 0 amide bonds. The number of nitrogens with zero attached hydrogens (tertiary/aromatic N) is 4. The Kier molecular flexibility index (Phi) is 3.11. The molecule has 2 N–H and O–H groups in total. The number of aryl methyl sites for hydroxylation is 1. The van der Waals surface area contributed by atoms with Gasteiger partial charge in [-0.2, -0.15) is 10.1 Å². The Morgan fingerprint density at radius 3 is 2.65 bits per heavy atom. The van der Waals surface area contributed by atoms with Crippen LogP contribution in [0.25, 0.3) is 23.0 Å². The maximum absolute atomic E-state index is 6.11. The van der Waals surface area contributed by atoms with Gasteiger partial charge in [-0.25, -0.2) is 0 Å². The SMILES string of the molecule is Cn1ccc(-c2noc(-c3c(Cl)ccc(Cl)c3N)n2)n1. The third-order valence-corrected chi connectivity index (χ3v) is 3.37. The number of nitrogens with two attached hydrogens (primary N) is 1. The molecule has 0 aliphatic carbocycles. The quantitative estimate of drug-likeness (QED) is 0.736.